The molecule has 2 N–H and O–H groups in total. The molecule has 10 nitrogen and oxygen atoms in total. The summed E-state index contributed by atoms with van der Waals surface area (Å²) in [6.07, 6.45) is 1.36. The van der Waals surface area contributed by atoms with E-state index in [4.69, 9.17) is 14.2 Å². The largest absolute Gasteiger partial charge is 0.483 e. The molecule has 0 spiro atoms. The Balaban J connectivity index is 1.31. The summed E-state index contributed by atoms with van der Waals surface area (Å²) in [4.78, 5) is 51.1. The van der Waals surface area contributed by atoms with E-state index in [1.165, 1.54) is 18.2 Å². The number of urea groups is 1. The molecule has 37 heavy (non-hydrogen) atoms. The van der Waals surface area contributed by atoms with Crippen LogP contribution in [0.1, 0.15) is 5.56 Å². The maximum absolute atomic E-state index is 13.2. The lowest BCUT2D eigenvalue weighted by Gasteiger charge is -2.26. The van der Waals surface area contributed by atoms with Crippen LogP contribution in [0.15, 0.2) is 76.8 Å². The van der Waals surface area contributed by atoms with E-state index in [1.807, 2.05) is 18.2 Å². The average molecular weight is 564 g/mol. The number of nitrogens with zero attached hydrogens (tertiary/aromatic N) is 1. The van der Waals surface area contributed by atoms with Crippen LogP contribution >= 0.6 is 15.9 Å². The molecular weight excluding hydrogens is 546 g/mol. The Bertz CT molecular complexity index is 1460. The van der Waals surface area contributed by atoms with E-state index in [0.29, 0.717) is 33.0 Å². The summed E-state index contributed by atoms with van der Waals surface area (Å²) < 4.78 is 16.7. The van der Waals surface area contributed by atoms with Gasteiger partial charge in [0.05, 0.1) is 10.2 Å². The summed E-state index contributed by atoms with van der Waals surface area (Å²) >= 11 is 3.38. The predicted molar refractivity (Wildman–Crippen MR) is 136 cm³/mol. The molecule has 2 heterocycles. The van der Waals surface area contributed by atoms with Gasteiger partial charge in [-0.15, -0.1) is 0 Å². The summed E-state index contributed by atoms with van der Waals surface area (Å²) in [6, 6.07) is 17.5. The zero-order valence-corrected chi connectivity index (χ0v) is 20.6. The van der Waals surface area contributed by atoms with Gasteiger partial charge in [-0.25, -0.2) is 9.69 Å². The van der Waals surface area contributed by atoms with Gasteiger partial charge in [0.1, 0.15) is 11.3 Å². The van der Waals surface area contributed by atoms with Crippen molar-refractivity contribution in [3.63, 3.8) is 0 Å². The molecule has 3 aromatic carbocycles. The lowest BCUT2D eigenvalue weighted by Crippen LogP contribution is -2.54. The summed E-state index contributed by atoms with van der Waals surface area (Å²) in [7, 11) is 0. The average Bonchev–Trinajstić information content (AvgIpc) is 3.35. The van der Waals surface area contributed by atoms with Crippen LogP contribution in [0.3, 0.4) is 0 Å². The van der Waals surface area contributed by atoms with Crippen LogP contribution in [0.25, 0.3) is 6.08 Å². The smallest absolute Gasteiger partial charge is 0.335 e. The molecule has 1 fully saturated rings. The van der Waals surface area contributed by atoms with Crippen LogP contribution in [0, 0.1) is 0 Å². The Morgan fingerprint density at radius 2 is 1.81 bits per heavy atom. The molecule has 3 aromatic rings. The maximum atomic E-state index is 13.2. The van der Waals surface area contributed by atoms with Gasteiger partial charge in [-0.3, -0.25) is 19.7 Å². The fraction of sp³-hybridized carbons (Fsp3) is 0.0769. The highest BCUT2D eigenvalue weighted by Crippen LogP contribution is 2.36. The molecule has 11 heteroatoms. The molecule has 0 aromatic heterocycles. The van der Waals surface area contributed by atoms with Crippen LogP contribution < -0.4 is 29.7 Å². The quantitative estimate of drug-likeness (QED) is 0.344. The number of benzene rings is 3. The topological polar surface area (TPSA) is 123 Å². The molecule has 0 unspecified atom stereocenters. The predicted octanol–water partition coefficient (Wildman–Crippen LogP) is 3.86. The summed E-state index contributed by atoms with van der Waals surface area (Å²) in [5, 5.41) is 4.91. The Morgan fingerprint density at radius 1 is 1.03 bits per heavy atom. The van der Waals surface area contributed by atoms with Gasteiger partial charge in [0.15, 0.2) is 18.1 Å². The molecule has 0 bridgehead atoms. The van der Waals surface area contributed by atoms with Crippen molar-refractivity contribution < 1.29 is 33.4 Å². The Morgan fingerprint density at radius 3 is 2.59 bits per heavy atom. The number of nitrogens with one attached hydrogen (secondary N) is 2. The van der Waals surface area contributed by atoms with Gasteiger partial charge in [-0.05, 0) is 64.0 Å². The van der Waals surface area contributed by atoms with Crippen LogP contribution in [0.5, 0.6) is 17.2 Å². The molecule has 1 saturated heterocycles. The van der Waals surface area contributed by atoms with Gasteiger partial charge in [-0.2, -0.15) is 0 Å². The van der Waals surface area contributed by atoms with Crippen molar-refractivity contribution in [1.29, 1.82) is 0 Å². The van der Waals surface area contributed by atoms with Crippen molar-refractivity contribution in [3.05, 3.63) is 82.3 Å². The van der Waals surface area contributed by atoms with Crippen molar-refractivity contribution >= 4 is 57.1 Å². The number of fused-ring (bicyclic) bond motifs is 1. The first kappa shape index (κ1) is 24.1. The van der Waals surface area contributed by atoms with Crippen LogP contribution in [-0.4, -0.2) is 37.2 Å². The SMILES string of the molecule is O=C(COc1ccc(/C=C2\C(=O)NC(=O)N(c3ccc4c(c3)OCO4)C2=O)cc1Br)Nc1ccccc1. The molecule has 2 aliphatic heterocycles. The number of carbonyl (C=O) groups excluding carboxylic acids is 4. The minimum Gasteiger partial charge on any atom is -0.483 e. The Hall–Kier alpha value is -4.64. The van der Waals surface area contributed by atoms with E-state index >= 15 is 0 Å². The fourth-order valence-electron chi connectivity index (χ4n) is 3.67. The number of hydrogen-bond donors (Lipinski definition) is 2. The molecule has 0 atom stereocenters. The third-order valence-corrected chi connectivity index (χ3v) is 6.02. The van der Waals surface area contributed by atoms with Gasteiger partial charge in [0, 0.05) is 11.8 Å². The van der Waals surface area contributed by atoms with Gasteiger partial charge in [0.2, 0.25) is 6.79 Å². The number of para-hydroxylation sites is 1. The molecule has 0 radical (unpaired) electrons. The minimum atomic E-state index is -0.871. The Kier molecular flexibility index (Phi) is 6.60. The number of carbonyl (C=O) groups is 4. The molecule has 0 saturated carbocycles. The van der Waals surface area contributed by atoms with E-state index < -0.39 is 17.8 Å². The van der Waals surface area contributed by atoms with Crippen molar-refractivity contribution in [2.45, 2.75) is 0 Å². The summed E-state index contributed by atoms with van der Waals surface area (Å²) in [6.45, 7) is -0.184. The normalized spacial score (nSPS) is 15.5. The first-order valence-corrected chi connectivity index (χ1v) is 11.8. The highest BCUT2D eigenvalue weighted by molar-refractivity contribution is 9.10. The number of anilines is 2. The number of rotatable bonds is 6. The van der Waals surface area contributed by atoms with E-state index in [0.717, 1.165) is 4.90 Å². The second-order valence-corrected chi connectivity index (χ2v) is 8.74. The molecule has 2 aliphatic rings. The molecule has 5 amide bonds. The molecule has 5 rings (SSSR count). The summed E-state index contributed by atoms with van der Waals surface area (Å²) in [5.74, 6) is -0.672. The zero-order valence-electron chi connectivity index (χ0n) is 19.0. The Labute approximate surface area is 218 Å². The third-order valence-electron chi connectivity index (χ3n) is 5.40. The van der Waals surface area contributed by atoms with E-state index in [9.17, 15) is 19.2 Å². The van der Waals surface area contributed by atoms with Crippen LogP contribution in [0.4, 0.5) is 16.2 Å². The standard InChI is InChI=1S/C26H18BrN3O7/c27-19-11-15(6-8-20(19)35-13-23(31)28-16-4-2-1-3-5-16)10-18-24(32)29-26(34)30(25(18)33)17-7-9-21-22(12-17)37-14-36-21/h1-12H,13-14H2,(H,28,31)(H,29,32,34)/b18-10+. The number of ether oxygens (including phenoxy) is 3. The summed E-state index contributed by atoms with van der Waals surface area (Å²) in [5.41, 5.74) is 1.14. The van der Waals surface area contributed by atoms with Gasteiger partial charge >= 0.3 is 6.03 Å². The van der Waals surface area contributed by atoms with E-state index in [2.05, 4.69) is 26.6 Å². The van der Waals surface area contributed by atoms with Gasteiger partial charge in [0.25, 0.3) is 17.7 Å². The van der Waals surface area contributed by atoms with Crippen LogP contribution in [-0.2, 0) is 14.4 Å². The number of amides is 5. The number of barbiturate groups is 1. The lowest BCUT2D eigenvalue weighted by atomic mass is 10.1. The third kappa shape index (κ3) is 5.16. The minimum absolute atomic E-state index is 0.0366. The van der Waals surface area contributed by atoms with E-state index in [1.54, 1.807) is 36.4 Å². The highest BCUT2D eigenvalue weighted by atomic mass is 79.9. The highest BCUT2D eigenvalue weighted by Gasteiger charge is 2.37. The lowest BCUT2D eigenvalue weighted by molar-refractivity contribution is -0.122. The fourth-order valence-corrected chi connectivity index (χ4v) is 4.18. The number of imide groups is 2. The van der Waals surface area contributed by atoms with Crippen molar-refractivity contribution in [3.8, 4) is 17.2 Å². The molecule has 186 valence electrons. The van der Waals surface area contributed by atoms with Gasteiger partial charge in [-0.1, -0.05) is 24.3 Å². The van der Waals surface area contributed by atoms with Crippen LogP contribution in [0.2, 0.25) is 0 Å². The van der Waals surface area contributed by atoms with Crippen molar-refractivity contribution in [2.75, 3.05) is 23.6 Å². The molecular formula is C26H18BrN3O7. The van der Waals surface area contributed by atoms with Crippen molar-refractivity contribution in [1.82, 2.24) is 5.32 Å². The van der Waals surface area contributed by atoms with E-state index in [-0.39, 0.29) is 30.6 Å². The molecule has 0 aliphatic carbocycles. The first-order valence-electron chi connectivity index (χ1n) is 11.0. The zero-order chi connectivity index (χ0) is 25.9. The number of halogens is 1. The second kappa shape index (κ2) is 10.2. The maximum Gasteiger partial charge on any atom is 0.335 e. The number of hydrogen-bond acceptors (Lipinski definition) is 7. The van der Waals surface area contributed by atoms with Crippen molar-refractivity contribution in [2.24, 2.45) is 0 Å². The monoisotopic (exact) mass is 563 g/mol. The first-order chi connectivity index (χ1) is 17.9. The second-order valence-electron chi connectivity index (χ2n) is 7.89. The van der Waals surface area contributed by atoms with Gasteiger partial charge < -0.3 is 19.5 Å².